The second kappa shape index (κ2) is 3.02. The van der Waals surface area contributed by atoms with Crippen LogP contribution in [-0.4, -0.2) is 19.1 Å². The topological polar surface area (TPSA) is 50.1 Å². The first-order valence-corrected chi connectivity index (χ1v) is 2.75. The van der Waals surface area contributed by atoms with E-state index in [4.69, 9.17) is 5.73 Å². The van der Waals surface area contributed by atoms with Crippen molar-refractivity contribution in [3.8, 4) is 0 Å². The Labute approximate surface area is 50.6 Å². The second-order valence-electron chi connectivity index (χ2n) is 2.59. The van der Waals surface area contributed by atoms with Crippen LogP contribution in [0.5, 0.6) is 0 Å². The number of hydrogen-bond donors (Lipinski definition) is 3. The van der Waals surface area contributed by atoms with Crippen molar-refractivity contribution in [1.29, 1.82) is 0 Å². The van der Waals surface area contributed by atoms with E-state index in [0.29, 0.717) is 0 Å². The lowest BCUT2D eigenvalue weighted by atomic mass is 10.1. The van der Waals surface area contributed by atoms with E-state index >= 15 is 0 Å². The quantitative estimate of drug-likeness (QED) is 0.435. The fraction of sp³-hybridized carbons (Fsp3) is 1.00. The Morgan fingerprint density at radius 1 is 1.50 bits per heavy atom. The Hall–Kier alpha value is -0.120. The van der Waals surface area contributed by atoms with Crippen LogP contribution < -0.4 is 16.6 Å². The molecule has 0 aromatic rings. The van der Waals surface area contributed by atoms with Gasteiger partial charge in [0.25, 0.3) is 0 Å². The van der Waals surface area contributed by atoms with Crippen LogP contribution in [0, 0.1) is 0 Å². The average molecular weight is 117 g/mol. The Morgan fingerprint density at radius 3 is 2.12 bits per heavy atom. The molecule has 3 nitrogen and oxygen atoms in total. The predicted octanol–water partition coefficient (Wildman–Crippen LogP) is -0.552. The minimum absolute atomic E-state index is 0.122. The first-order chi connectivity index (χ1) is 3.56. The van der Waals surface area contributed by atoms with Gasteiger partial charge in [0.05, 0.1) is 0 Å². The van der Waals surface area contributed by atoms with Gasteiger partial charge in [-0.25, -0.2) is 0 Å². The summed E-state index contributed by atoms with van der Waals surface area (Å²) in [5.74, 6) is 0. The van der Waals surface area contributed by atoms with Gasteiger partial charge in [0.2, 0.25) is 0 Å². The van der Waals surface area contributed by atoms with Crippen LogP contribution in [0.4, 0.5) is 0 Å². The lowest BCUT2D eigenvalue weighted by Gasteiger charge is -2.17. The Kier molecular flexibility index (Phi) is 2.97. The standard InChI is InChI=1S/C5H15N3/c1-5(2,6)4-8-7-3/h7-8H,4,6H2,1-3H3. The van der Waals surface area contributed by atoms with Crippen LogP contribution in [0.25, 0.3) is 0 Å². The Morgan fingerprint density at radius 2 is 2.00 bits per heavy atom. The van der Waals surface area contributed by atoms with E-state index in [-0.39, 0.29) is 5.54 Å². The minimum atomic E-state index is -0.122. The molecule has 0 amide bonds. The zero-order valence-electron chi connectivity index (χ0n) is 5.78. The van der Waals surface area contributed by atoms with Gasteiger partial charge in [0.15, 0.2) is 0 Å². The first-order valence-electron chi connectivity index (χ1n) is 2.75. The van der Waals surface area contributed by atoms with Gasteiger partial charge in [-0.05, 0) is 20.9 Å². The molecule has 0 bridgehead atoms. The van der Waals surface area contributed by atoms with Crippen molar-refractivity contribution in [2.45, 2.75) is 19.4 Å². The Balaban J connectivity index is 3.11. The van der Waals surface area contributed by atoms with Crippen molar-refractivity contribution in [2.24, 2.45) is 5.73 Å². The van der Waals surface area contributed by atoms with Crippen LogP contribution in [-0.2, 0) is 0 Å². The molecule has 0 atom stereocenters. The van der Waals surface area contributed by atoms with Crippen LogP contribution in [0.15, 0.2) is 0 Å². The zero-order chi connectivity index (χ0) is 6.62. The van der Waals surface area contributed by atoms with Crippen LogP contribution in [0.1, 0.15) is 13.8 Å². The highest BCUT2D eigenvalue weighted by Gasteiger charge is 2.07. The molecule has 0 unspecified atom stereocenters. The van der Waals surface area contributed by atoms with Gasteiger partial charge in [-0.3, -0.25) is 10.9 Å². The molecule has 0 saturated carbocycles. The van der Waals surface area contributed by atoms with E-state index in [1.807, 2.05) is 20.9 Å². The lowest BCUT2D eigenvalue weighted by molar-refractivity contribution is 0.438. The summed E-state index contributed by atoms with van der Waals surface area (Å²) < 4.78 is 0. The van der Waals surface area contributed by atoms with Crippen LogP contribution in [0.3, 0.4) is 0 Å². The molecule has 0 heterocycles. The lowest BCUT2D eigenvalue weighted by Crippen LogP contribution is -2.46. The highest BCUT2D eigenvalue weighted by molar-refractivity contribution is 4.72. The number of nitrogens with one attached hydrogen (secondary N) is 2. The number of hydrazine groups is 1. The van der Waals surface area contributed by atoms with E-state index in [9.17, 15) is 0 Å². The summed E-state index contributed by atoms with van der Waals surface area (Å²) in [6.07, 6.45) is 0. The average Bonchev–Trinajstić information content (AvgIpc) is 1.59. The van der Waals surface area contributed by atoms with Crippen LogP contribution in [0.2, 0.25) is 0 Å². The summed E-state index contributed by atoms with van der Waals surface area (Å²) in [6.45, 7) is 4.72. The third-order valence-corrected chi connectivity index (χ3v) is 0.721. The fourth-order valence-electron chi connectivity index (χ4n) is 0.316. The molecule has 3 heteroatoms. The molecule has 0 radical (unpaired) electrons. The summed E-state index contributed by atoms with van der Waals surface area (Å²) >= 11 is 0. The summed E-state index contributed by atoms with van der Waals surface area (Å²) in [6, 6.07) is 0. The molecule has 4 N–H and O–H groups in total. The van der Waals surface area contributed by atoms with Crippen molar-refractivity contribution in [2.75, 3.05) is 13.6 Å². The molecule has 0 fully saturated rings. The molecule has 0 rings (SSSR count). The van der Waals surface area contributed by atoms with Crippen molar-refractivity contribution in [1.82, 2.24) is 10.9 Å². The SMILES string of the molecule is CNNCC(C)(C)N. The monoisotopic (exact) mass is 117 g/mol. The number of nitrogens with two attached hydrogens (primary N) is 1. The van der Waals surface area contributed by atoms with Gasteiger partial charge in [0.1, 0.15) is 0 Å². The minimum Gasteiger partial charge on any atom is -0.324 e. The van der Waals surface area contributed by atoms with E-state index in [1.165, 1.54) is 0 Å². The summed E-state index contributed by atoms with van der Waals surface area (Å²) in [5.41, 5.74) is 11.2. The highest BCUT2D eigenvalue weighted by atomic mass is 15.3. The Bertz CT molecular complexity index is 55.2. The molecular weight excluding hydrogens is 102 g/mol. The van der Waals surface area contributed by atoms with Crippen molar-refractivity contribution < 1.29 is 0 Å². The summed E-state index contributed by atoms with van der Waals surface area (Å²) in [7, 11) is 1.83. The van der Waals surface area contributed by atoms with Gasteiger partial charge < -0.3 is 5.73 Å². The normalized spacial score (nSPS) is 12.0. The smallest absolute Gasteiger partial charge is 0.0275 e. The first kappa shape index (κ1) is 7.88. The molecule has 0 saturated heterocycles. The second-order valence-corrected chi connectivity index (χ2v) is 2.59. The molecule has 8 heavy (non-hydrogen) atoms. The van der Waals surface area contributed by atoms with Crippen molar-refractivity contribution >= 4 is 0 Å². The summed E-state index contributed by atoms with van der Waals surface area (Å²) in [5, 5.41) is 0. The molecular formula is C5H15N3. The molecule has 0 aliphatic heterocycles. The molecule has 0 aromatic heterocycles. The van der Waals surface area contributed by atoms with E-state index in [1.54, 1.807) is 0 Å². The number of rotatable bonds is 3. The third-order valence-electron chi connectivity index (χ3n) is 0.721. The molecule has 50 valence electrons. The molecule has 0 aliphatic rings. The molecule has 0 aliphatic carbocycles. The number of hydrogen-bond acceptors (Lipinski definition) is 3. The van der Waals surface area contributed by atoms with Gasteiger partial charge in [0, 0.05) is 12.1 Å². The van der Waals surface area contributed by atoms with E-state index in [2.05, 4.69) is 10.9 Å². The van der Waals surface area contributed by atoms with Gasteiger partial charge in [-0.2, -0.15) is 0 Å². The maximum atomic E-state index is 5.62. The maximum Gasteiger partial charge on any atom is 0.0275 e. The zero-order valence-corrected chi connectivity index (χ0v) is 5.78. The van der Waals surface area contributed by atoms with Crippen molar-refractivity contribution in [3.05, 3.63) is 0 Å². The van der Waals surface area contributed by atoms with Gasteiger partial charge in [-0.15, -0.1) is 0 Å². The van der Waals surface area contributed by atoms with Gasteiger partial charge >= 0.3 is 0 Å². The predicted molar refractivity (Wildman–Crippen MR) is 35.3 cm³/mol. The maximum absolute atomic E-state index is 5.62. The fourth-order valence-corrected chi connectivity index (χ4v) is 0.316. The van der Waals surface area contributed by atoms with Crippen molar-refractivity contribution in [3.63, 3.8) is 0 Å². The molecule has 0 aromatic carbocycles. The van der Waals surface area contributed by atoms with E-state index < -0.39 is 0 Å². The largest absolute Gasteiger partial charge is 0.324 e. The third kappa shape index (κ3) is 5.88. The van der Waals surface area contributed by atoms with Crippen LogP contribution >= 0.6 is 0 Å². The van der Waals surface area contributed by atoms with E-state index in [0.717, 1.165) is 6.54 Å². The van der Waals surface area contributed by atoms with Gasteiger partial charge in [-0.1, -0.05) is 0 Å². The molecule has 0 spiro atoms. The highest BCUT2D eigenvalue weighted by Crippen LogP contribution is 1.90. The summed E-state index contributed by atoms with van der Waals surface area (Å²) in [4.78, 5) is 0.